The summed E-state index contributed by atoms with van der Waals surface area (Å²) >= 11 is 0. The minimum Gasteiger partial charge on any atom is -0.399 e. The first kappa shape index (κ1) is 12.0. The summed E-state index contributed by atoms with van der Waals surface area (Å²) in [5.74, 6) is -0.648. The number of benzene rings is 1. The van der Waals surface area contributed by atoms with E-state index < -0.39 is 5.82 Å². The highest BCUT2D eigenvalue weighted by Gasteiger charge is 2.08. The lowest BCUT2D eigenvalue weighted by molar-refractivity contribution is -0.114. The van der Waals surface area contributed by atoms with Gasteiger partial charge in [-0.25, -0.2) is 4.39 Å². The Morgan fingerprint density at radius 3 is 2.83 bits per heavy atom. The summed E-state index contributed by atoms with van der Waals surface area (Å²) in [6, 6.07) is 7.68. The first-order valence-electron chi connectivity index (χ1n) is 5.35. The Hall–Kier alpha value is -2.43. The van der Waals surface area contributed by atoms with Crippen molar-refractivity contribution in [1.82, 2.24) is 4.98 Å². The minimum atomic E-state index is -0.433. The SMILES string of the molecule is CC(=O)Nc1cc(N)cc(-c2ncccc2F)c1. The van der Waals surface area contributed by atoms with E-state index in [1.807, 2.05) is 0 Å². The predicted molar refractivity (Wildman–Crippen MR) is 68.3 cm³/mol. The number of aromatic nitrogens is 1. The highest BCUT2D eigenvalue weighted by molar-refractivity contribution is 5.90. The van der Waals surface area contributed by atoms with Crippen LogP contribution in [0.3, 0.4) is 0 Å². The van der Waals surface area contributed by atoms with Gasteiger partial charge in [0.2, 0.25) is 5.91 Å². The third kappa shape index (κ3) is 2.63. The number of nitrogens with zero attached hydrogens (tertiary/aromatic N) is 1. The zero-order valence-corrected chi connectivity index (χ0v) is 9.77. The van der Waals surface area contributed by atoms with E-state index in [-0.39, 0.29) is 11.6 Å². The predicted octanol–water partition coefficient (Wildman–Crippen LogP) is 2.43. The van der Waals surface area contributed by atoms with Crippen molar-refractivity contribution >= 4 is 17.3 Å². The lowest BCUT2D eigenvalue weighted by atomic mass is 10.1. The Bertz CT molecular complexity index is 599. The molecule has 4 nitrogen and oxygen atoms in total. The van der Waals surface area contributed by atoms with Crippen LogP contribution in [-0.4, -0.2) is 10.9 Å². The molecule has 0 fully saturated rings. The molecule has 0 saturated carbocycles. The van der Waals surface area contributed by atoms with E-state index in [4.69, 9.17) is 5.73 Å². The summed E-state index contributed by atoms with van der Waals surface area (Å²) in [5.41, 5.74) is 7.40. The number of pyridine rings is 1. The van der Waals surface area contributed by atoms with E-state index in [9.17, 15) is 9.18 Å². The molecule has 0 aliphatic carbocycles. The van der Waals surface area contributed by atoms with Gasteiger partial charge in [-0.2, -0.15) is 0 Å². The number of amides is 1. The van der Waals surface area contributed by atoms with Crippen molar-refractivity contribution < 1.29 is 9.18 Å². The quantitative estimate of drug-likeness (QED) is 0.798. The summed E-state index contributed by atoms with van der Waals surface area (Å²) in [6.45, 7) is 1.39. The highest BCUT2D eigenvalue weighted by Crippen LogP contribution is 2.26. The lowest BCUT2D eigenvalue weighted by Gasteiger charge is -2.08. The number of rotatable bonds is 2. The molecule has 2 aromatic rings. The van der Waals surface area contributed by atoms with Crippen LogP contribution in [-0.2, 0) is 4.79 Å². The standard InChI is InChI=1S/C13H12FN3O/c1-8(18)17-11-6-9(5-10(15)7-11)13-12(14)3-2-4-16-13/h2-7H,15H2,1H3,(H,17,18). The van der Waals surface area contributed by atoms with Crippen LogP contribution < -0.4 is 11.1 Å². The fourth-order valence-electron chi connectivity index (χ4n) is 1.66. The summed E-state index contributed by atoms with van der Waals surface area (Å²) in [7, 11) is 0. The largest absolute Gasteiger partial charge is 0.399 e. The van der Waals surface area contributed by atoms with Gasteiger partial charge in [0, 0.05) is 30.1 Å². The highest BCUT2D eigenvalue weighted by atomic mass is 19.1. The molecule has 0 radical (unpaired) electrons. The summed E-state index contributed by atoms with van der Waals surface area (Å²) in [4.78, 5) is 15.0. The zero-order chi connectivity index (χ0) is 13.1. The normalized spacial score (nSPS) is 10.1. The number of nitrogen functional groups attached to an aromatic ring is 1. The lowest BCUT2D eigenvalue weighted by Crippen LogP contribution is -2.06. The Kier molecular flexibility index (Phi) is 3.23. The maximum atomic E-state index is 13.6. The molecule has 0 atom stereocenters. The van der Waals surface area contributed by atoms with Crippen LogP contribution in [0.25, 0.3) is 11.3 Å². The summed E-state index contributed by atoms with van der Waals surface area (Å²) in [5, 5.41) is 2.61. The number of anilines is 2. The second kappa shape index (κ2) is 4.83. The van der Waals surface area contributed by atoms with Gasteiger partial charge in [-0.05, 0) is 30.3 Å². The van der Waals surface area contributed by atoms with Crippen molar-refractivity contribution in [2.24, 2.45) is 0 Å². The minimum absolute atomic E-state index is 0.205. The third-order valence-corrected chi connectivity index (χ3v) is 2.31. The number of carbonyl (C=O) groups is 1. The molecular formula is C13H12FN3O. The number of nitrogens with one attached hydrogen (secondary N) is 1. The Morgan fingerprint density at radius 1 is 1.39 bits per heavy atom. The smallest absolute Gasteiger partial charge is 0.221 e. The van der Waals surface area contributed by atoms with Gasteiger partial charge < -0.3 is 11.1 Å². The molecule has 0 aliphatic heterocycles. The molecule has 1 aromatic heterocycles. The molecule has 0 unspecified atom stereocenters. The van der Waals surface area contributed by atoms with E-state index in [1.165, 1.54) is 25.3 Å². The molecule has 0 saturated heterocycles. The first-order valence-corrected chi connectivity index (χ1v) is 5.35. The fraction of sp³-hybridized carbons (Fsp3) is 0.0769. The van der Waals surface area contributed by atoms with Gasteiger partial charge in [0.1, 0.15) is 11.5 Å². The molecule has 3 N–H and O–H groups in total. The molecule has 18 heavy (non-hydrogen) atoms. The number of halogens is 1. The van der Waals surface area contributed by atoms with Gasteiger partial charge in [0.05, 0.1) is 0 Å². The fourth-order valence-corrected chi connectivity index (χ4v) is 1.66. The van der Waals surface area contributed by atoms with Crippen LogP contribution in [0.1, 0.15) is 6.92 Å². The van der Waals surface area contributed by atoms with Crippen molar-refractivity contribution in [3.63, 3.8) is 0 Å². The van der Waals surface area contributed by atoms with Crippen molar-refractivity contribution in [2.75, 3.05) is 11.1 Å². The molecule has 0 bridgehead atoms. The van der Waals surface area contributed by atoms with Gasteiger partial charge in [-0.3, -0.25) is 9.78 Å². The van der Waals surface area contributed by atoms with Crippen LogP contribution in [0, 0.1) is 5.82 Å². The second-order valence-corrected chi connectivity index (χ2v) is 3.86. The molecule has 2 rings (SSSR count). The first-order chi connectivity index (χ1) is 8.56. The van der Waals surface area contributed by atoms with Crippen molar-refractivity contribution in [3.05, 3.63) is 42.3 Å². The molecule has 1 amide bonds. The van der Waals surface area contributed by atoms with Gasteiger partial charge in [0.25, 0.3) is 0 Å². The van der Waals surface area contributed by atoms with E-state index in [1.54, 1.807) is 18.2 Å². The number of hydrogen-bond acceptors (Lipinski definition) is 3. The molecule has 0 spiro atoms. The Morgan fingerprint density at radius 2 is 2.17 bits per heavy atom. The molecule has 0 aliphatic rings. The van der Waals surface area contributed by atoms with Gasteiger partial charge >= 0.3 is 0 Å². The monoisotopic (exact) mass is 245 g/mol. The zero-order valence-electron chi connectivity index (χ0n) is 9.77. The molecule has 5 heteroatoms. The van der Waals surface area contributed by atoms with Crippen molar-refractivity contribution in [1.29, 1.82) is 0 Å². The maximum Gasteiger partial charge on any atom is 0.221 e. The van der Waals surface area contributed by atoms with Crippen molar-refractivity contribution in [2.45, 2.75) is 6.92 Å². The summed E-state index contributed by atoms with van der Waals surface area (Å²) < 4.78 is 13.6. The number of hydrogen-bond donors (Lipinski definition) is 2. The Labute approximate surface area is 104 Å². The summed E-state index contributed by atoms with van der Waals surface area (Å²) in [6.07, 6.45) is 1.50. The Balaban J connectivity index is 2.48. The molecular weight excluding hydrogens is 233 g/mol. The average molecular weight is 245 g/mol. The van der Waals surface area contributed by atoms with Crippen molar-refractivity contribution in [3.8, 4) is 11.3 Å². The van der Waals surface area contributed by atoms with Crippen LogP contribution >= 0.6 is 0 Å². The third-order valence-electron chi connectivity index (χ3n) is 2.31. The van der Waals surface area contributed by atoms with Crippen LogP contribution in [0.4, 0.5) is 15.8 Å². The van der Waals surface area contributed by atoms with Gasteiger partial charge in [-0.15, -0.1) is 0 Å². The van der Waals surface area contributed by atoms with E-state index in [2.05, 4.69) is 10.3 Å². The van der Waals surface area contributed by atoms with Gasteiger partial charge in [-0.1, -0.05) is 0 Å². The maximum absolute atomic E-state index is 13.6. The molecule has 92 valence electrons. The van der Waals surface area contributed by atoms with Crippen LogP contribution in [0.2, 0.25) is 0 Å². The second-order valence-electron chi connectivity index (χ2n) is 3.86. The van der Waals surface area contributed by atoms with E-state index in [0.29, 0.717) is 16.9 Å². The number of carbonyl (C=O) groups excluding carboxylic acids is 1. The topological polar surface area (TPSA) is 68.0 Å². The van der Waals surface area contributed by atoms with Crippen LogP contribution in [0.15, 0.2) is 36.5 Å². The van der Waals surface area contributed by atoms with Crippen LogP contribution in [0.5, 0.6) is 0 Å². The van der Waals surface area contributed by atoms with Gasteiger partial charge in [0.15, 0.2) is 0 Å². The van der Waals surface area contributed by atoms with E-state index in [0.717, 1.165) is 0 Å². The van der Waals surface area contributed by atoms with E-state index >= 15 is 0 Å². The number of nitrogens with two attached hydrogens (primary N) is 1. The average Bonchev–Trinajstić information content (AvgIpc) is 2.27. The molecule has 1 aromatic carbocycles. The molecule has 1 heterocycles.